The van der Waals surface area contributed by atoms with E-state index in [2.05, 4.69) is 40.0 Å². The van der Waals surface area contributed by atoms with Crippen LogP contribution in [0.5, 0.6) is 5.75 Å². The maximum absolute atomic E-state index is 5.75. The first-order valence-electron chi connectivity index (χ1n) is 5.45. The summed E-state index contributed by atoms with van der Waals surface area (Å²) >= 11 is 5.19. The second-order valence-corrected chi connectivity index (χ2v) is 5.69. The number of thiazole rings is 1. The lowest BCUT2D eigenvalue weighted by Crippen LogP contribution is -2.01. The molecule has 1 heterocycles. The summed E-state index contributed by atoms with van der Waals surface area (Å²) in [5.74, 6) is 0.901. The van der Waals surface area contributed by atoms with E-state index >= 15 is 0 Å². The van der Waals surface area contributed by atoms with Crippen LogP contribution in [0.25, 0.3) is 0 Å². The smallest absolute Gasteiger partial charge is 0.133 e. The van der Waals surface area contributed by atoms with Crippen LogP contribution in [0.1, 0.15) is 16.1 Å². The molecule has 0 saturated carbocycles. The molecule has 0 aliphatic rings. The molecule has 90 valence electrons. The van der Waals surface area contributed by atoms with Crippen molar-refractivity contribution in [1.82, 2.24) is 4.98 Å². The second-order valence-electron chi connectivity index (χ2n) is 3.89. The zero-order valence-electron chi connectivity index (χ0n) is 9.87. The molecule has 0 aliphatic carbocycles. The van der Waals surface area contributed by atoms with Crippen molar-refractivity contribution in [2.24, 2.45) is 0 Å². The van der Waals surface area contributed by atoms with E-state index in [0.29, 0.717) is 6.61 Å². The van der Waals surface area contributed by atoms with E-state index in [1.165, 1.54) is 10.4 Å². The van der Waals surface area contributed by atoms with Crippen LogP contribution in [-0.4, -0.2) is 11.6 Å². The van der Waals surface area contributed by atoms with Gasteiger partial charge in [0.15, 0.2) is 0 Å². The quantitative estimate of drug-likeness (QED) is 0.846. The Morgan fingerprint density at radius 3 is 2.82 bits per heavy atom. The first-order chi connectivity index (χ1) is 8.16. The van der Waals surface area contributed by atoms with E-state index < -0.39 is 0 Å². The Morgan fingerprint density at radius 2 is 2.18 bits per heavy atom. The highest BCUT2D eigenvalue weighted by Crippen LogP contribution is 2.26. The fourth-order valence-corrected chi connectivity index (χ4v) is 2.91. The molecule has 2 aromatic rings. The van der Waals surface area contributed by atoms with Gasteiger partial charge < -0.3 is 4.74 Å². The zero-order chi connectivity index (χ0) is 12.3. The Morgan fingerprint density at radius 1 is 1.35 bits per heavy atom. The average Bonchev–Trinajstić information content (AvgIpc) is 2.68. The largest absolute Gasteiger partial charge is 0.492 e. The van der Waals surface area contributed by atoms with Crippen LogP contribution < -0.4 is 4.74 Å². The fourth-order valence-electron chi connectivity index (χ4n) is 1.54. The Bertz CT molecular complexity index is 510. The molecule has 0 aliphatic heterocycles. The first-order valence-corrected chi connectivity index (χ1v) is 7.12. The lowest BCUT2D eigenvalue weighted by molar-refractivity contribution is 0.320. The van der Waals surface area contributed by atoms with Crippen LogP contribution in [0.2, 0.25) is 0 Å². The summed E-state index contributed by atoms with van der Waals surface area (Å²) in [6.07, 6.45) is 0.914. The molecule has 0 bridgehead atoms. The number of rotatable bonds is 4. The maximum atomic E-state index is 5.75. The van der Waals surface area contributed by atoms with Crippen molar-refractivity contribution < 1.29 is 4.74 Å². The second kappa shape index (κ2) is 5.65. The van der Waals surface area contributed by atoms with E-state index in [1.807, 2.05) is 18.5 Å². The minimum absolute atomic E-state index is 0.685. The van der Waals surface area contributed by atoms with Crippen molar-refractivity contribution in [3.8, 4) is 5.75 Å². The van der Waals surface area contributed by atoms with Gasteiger partial charge in [0.2, 0.25) is 0 Å². The molecule has 0 amide bonds. The standard InChI is InChI=1S/C13H14BrNOS/c1-9-3-4-12(11(14)7-9)16-6-5-13-10(2)15-8-17-13/h3-4,7-8H,5-6H2,1-2H3. The number of hydrogen-bond acceptors (Lipinski definition) is 3. The fraction of sp³-hybridized carbons (Fsp3) is 0.308. The van der Waals surface area contributed by atoms with Crippen molar-refractivity contribution >= 4 is 27.3 Å². The van der Waals surface area contributed by atoms with Gasteiger partial charge in [0.25, 0.3) is 0 Å². The topological polar surface area (TPSA) is 22.1 Å². The first kappa shape index (κ1) is 12.6. The number of ether oxygens (including phenoxy) is 1. The lowest BCUT2D eigenvalue weighted by Gasteiger charge is -2.08. The number of hydrogen-bond donors (Lipinski definition) is 0. The van der Waals surface area contributed by atoms with Gasteiger partial charge in [0, 0.05) is 11.3 Å². The van der Waals surface area contributed by atoms with E-state index in [0.717, 1.165) is 22.3 Å². The highest BCUT2D eigenvalue weighted by atomic mass is 79.9. The van der Waals surface area contributed by atoms with Gasteiger partial charge in [-0.2, -0.15) is 0 Å². The third kappa shape index (κ3) is 3.30. The highest BCUT2D eigenvalue weighted by Gasteiger charge is 2.04. The lowest BCUT2D eigenvalue weighted by atomic mass is 10.2. The molecular formula is C13H14BrNOS. The third-order valence-electron chi connectivity index (χ3n) is 2.52. The van der Waals surface area contributed by atoms with Crippen LogP contribution in [0, 0.1) is 13.8 Å². The summed E-state index contributed by atoms with van der Waals surface area (Å²) in [5.41, 5.74) is 4.22. The molecule has 1 aromatic heterocycles. The van der Waals surface area contributed by atoms with Gasteiger partial charge >= 0.3 is 0 Å². The van der Waals surface area contributed by atoms with Crippen LogP contribution in [-0.2, 0) is 6.42 Å². The van der Waals surface area contributed by atoms with Crippen LogP contribution in [0.15, 0.2) is 28.2 Å². The van der Waals surface area contributed by atoms with Crippen LogP contribution in [0.3, 0.4) is 0 Å². The summed E-state index contributed by atoms with van der Waals surface area (Å²) in [6, 6.07) is 6.12. The number of halogens is 1. The Labute approximate surface area is 114 Å². The molecule has 2 nitrogen and oxygen atoms in total. The minimum Gasteiger partial charge on any atom is -0.492 e. The van der Waals surface area contributed by atoms with Crippen molar-refractivity contribution in [3.63, 3.8) is 0 Å². The molecular weight excluding hydrogens is 298 g/mol. The number of nitrogens with zero attached hydrogens (tertiary/aromatic N) is 1. The predicted octanol–water partition coefficient (Wildman–Crippen LogP) is 4.14. The Hall–Kier alpha value is -0.870. The summed E-state index contributed by atoms with van der Waals surface area (Å²) in [5, 5.41) is 0. The molecule has 1 aromatic carbocycles. The maximum Gasteiger partial charge on any atom is 0.133 e. The molecule has 0 saturated heterocycles. The molecule has 0 radical (unpaired) electrons. The Balaban J connectivity index is 1.92. The molecule has 0 N–H and O–H groups in total. The average molecular weight is 312 g/mol. The van der Waals surface area contributed by atoms with E-state index in [-0.39, 0.29) is 0 Å². The molecule has 4 heteroatoms. The van der Waals surface area contributed by atoms with Crippen molar-refractivity contribution in [2.45, 2.75) is 20.3 Å². The van der Waals surface area contributed by atoms with Gasteiger partial charge in [-0.3, -0.25) is 0 Å². The van der Waals surface area contributed by atoms with Gasteiger partial charge in [-0.05, 0) is 47.5 Å². The van der Waals surface area contributed by atoms with E-state index in [1.54, 1.807) is 11.3 Å². The van der Waals surface area contributed by atoms with Gasteiger partial charge in [-0.15, -0.1) is 11.3 Å². The van der Waals surface area contributed by atoms with Crippen molar-refractivity contribution in [1.29, 1.82) is 0 Å². The van der Waals surface area contributed by atoms with Gasteiger partial charge in [-0.1, -0.05) is 6.07 Å². The van der Waals surface area contributed by atoms with E-state index in [4.69, 9.17) is 4.74 Å². The van der Waals surface area contributed by atoms with Crippen molar-refractivity contribution in [3.05, 3.63) is 44.3 Å². The van der Waals surface area contributed by atoms with E-state index in [9.17, 15) is 0 Å². The molecule has 0 fully saturated rings. The summed E-state index contributed by atoms with van der Waals surface area (Å²) in [6.45, 7) is 4.79. The van der Waals surface area contributed by atoms with Gasteiger partial charge in [0.1, 0.15) is 5.75 Å². The van der Waals surface area contributed by atoms with Crippen LogP contribution >= 0.6 is 27.3 Å². The number of benzene rings is 1. The molecule has 0 atom stereocenters. The zero-order valence-corrected chi connectivity index (χ0v) is 12.3. The minimum atomic E-state index is 0.685. The monoisotopic (exact) mass is 311 g/mol. The van der Waals surface area contributed by atoms with Crippen LogP contribution in [0.4, 0.5) is 0 Å². The Kier molecular flexibility index (Phi) is 4.18. The third-order valence-corrected chi connectivity index (χ3v) is 4.13. The highest BCUT2D eigenvalue weighted by molar-refractivity contribution is 9.10. The van der Waals surface area contributed by atoms with Gasteiger partial charge in [0.05, 0.1) is 22.3 Å². The van der Waals surface area contributed by atoms with Gasteiger partial charge in [-0.25, -0.2) is 4.98 Å². The number of aromatic nitrogens is 1. The summed E-state index contributed by atoms with van der Waals surface area (Å²) in [4.78, 5) is 5.52. The van der Waals surface area contributed by atoms with Crippen molar-refractivity contribution in [2.75, 3.05) is 6.61 Å². The molecule has 17 heavy (non-hydrogen) atoms. The normalized spacial score (nSPS) is 10.5. The SMILES string of the molecule is Cc1ccc(OCCc2scnc2C)c(Br)c1. The molecule has 2 rings (SSSR count). The summed E-state index contributed by atoms with van der Waals surface area (Å²) < 4.78 is 6.76. The number of aryl methyl sites for hydroxylation is 2. The summed E-state index contributed by atoms with van der Waals surface area (Å²) in [7, 11) is 0. The molecule has 0 unspecified atom stereocenters. The molecule has 0 spiro atoms. The predicted molar refractivity (Wildman–Crippen MR) is 74.9 cm³/mol.